The predicted molar refractivity (Wildman–Crippen MR) is 89.2 cm³/mol. The fourth-order valence-corrected chi connectivity index (χ4v) is 3.34. The maximum atomic E-state index is 12.6. The normalized spacial score (nSPS) is 10.3. The Morgan fingerprint density at radius 3 is 2.19 bits per heavy atom. The lowest BCUT2D eigenvalue weighted by atomic mass is 10.1. The third-order valence-electron chi connectivity index (χ3n) is 3.30. The molecule has 0 unspecified atom stereocenters. The van der Waals surface area contributed by atoms with Crippen LogP contribution in [0.5, 0.6) is 0 Å². The third-order valence-corrected chi connectivity index (χ3v) is 4.48. The molecule has 0 atom stereocenters. The number of carbonyl (C=O) groups excluding carboxylic acids is 1. The Hall–Kier alpha value is -2.39. The van der Waals surface area contributed by atoms with Gasteiger partial charge in [0.05, 0.1) is 10.6 Å². The Kier molecular flexibility index (Phi) is 3.84. The van der Waals surface area contributed by atoms with Gasteiger partial charge in [-0.05, 0) is 11.6 Å². The summed E-state index contributed by atoms with van der Waals surface area (Å²) in [6.07, 6.45) is 0. The highest BCUT2D eigenvalue weighted by Crippen LogP contribution is 2.35. The van der Waals surface area contributed by atoms with Gasteiger partial charge < -0.3 is 5.32 Å². The molecule has 2 nitrogen and oxygen atoms in total. The van der Waals surface area contributed by atoms with Crippen LogP contribution in [0.15, 0.2) is 66.7 Å². The molecule has 0 saturated carbocycles. The van der Waals surface area contributed by atoms with Gasteiger partial charge in [-0.15, -0.1) is 11.3 Å². The molecule has 21 heavy (non-hydrogen) atoms. The Morgan fingerprint density at radius 1 is 0.952 bits per heavy atom. The van der Waals surface area contributed by atoms with E-state index in [0.717, 1.165) is 26.6 Å². The Morgan fingerprint density at radius 2 is 1.57 bits per heavy atom. The van der Waals surface area contributed by atoms with Crippen LogP contribution >= 0.6 is 11.3 Å². The lowest BCUT2D eigenvalue weighted by Gasteiger charge is -2.01. The standard InChI is InChI=1S/C18H15NOS/c1-19-15-12-16(13-8-4-2-5-9-13)21-18(15)17(20)14-10-6-3-7-11-14/h2-12,19H,1H3. The Balaban J connectivity index is 2.03. The molecule has 3 heteroatoms. The summed E-state index contributed by atoms with van der Waals surface area (Å²) in [6.45, 7) is 0. The molecule has 0 saturated heterocycles. The second kappa shape index (κ2) is 5.94. The number of hydrogen-bond acceptors (Lipinski definition) is 3. The summed E-state index contributed by atoms with van der Waals surface area (Å²) in [7, 11) is 1.85. The molecule has 0 aliphatic heterocycles. The van der Waals surface area contributed by atoms with Gasteiger partial charge in [-0.1, -0.05) is 60.7 Å². The van der Waals surface area contributed by atoms with Crippen LogP contribution in [0.1, 0.15) is 15.2 Å². The van der Waals surface area contributed by atoms with Crippen LogP contribution < -0.4 is 5.32 Å². The summed E-state index contributed by atoms with van der Waals surface area (Å²) in [5.41, 5.74) is 2.73. The van der Waals surface area contributed by atoms with E-state index in [9.17, 15) is 4.79 Å². The average molecular weight is 293 g/mol. The van der Waals surface area contributed by atoms with Gasteiger partial charge >= 0.3 is 0 Å². The fourth-order valence-electron chi connectivity index (χ4n) is 2.21. The molecule has 0 aliphatic carbocycles. The molecule has 3 aromatic rings. The molecular formula is C18H15NOS. The van der Waals surface area contributed by atoms with Gasteiger partial charge in [0.2, 0.25) is 5.78 Å². The van der Waals surface area contributed by atoms with Gasteiger partial charge in [0.1, 0.15) is 0 Å². The maximum absolute atomic E-state index is 12.6. The molecule has 0 radical (unpaired) electrons. The zero-order valence-corrected chi connectivity index (χ0v) is 12.5. The highest BCUT2D eigenvalue weighted by molar-refractivity contribution is 7.18. The minimum absolute atomic E-state index is 0.0622. The minimum Gasteiger partial charge on any atom is -0.387 e. The van der Waals surface area contributed by atoms with Crippen molar-refractivity contribution in [1.29, 1.82) is 0 Å². The van der Waals surface area contributed by atoms with Crippen molar-refractivity contribution in [3.8, 4) is 10.4 Å². The predicted octanol–water partition coefficient (Wildman–Crippen LogP) is 4.69. The second-order valence-electron chi connectivity index (χ2n) is 4.66. The smallest absolute Gasteiger partial charge is 0.205 e. The molecule has 3 rings (SSSR count). The first-order valence-electron chi connectivity index (χ1n) is 6.76. The van der Waals surface area contributed by atoms with Crippen molar-refractivity contribution in [3.05, 3.63) is 77.2 Å². The summed E-state index contributed by atoms with van der Waals surface area (Å²) in [4.78, 5) is 14.5. The van der Waals surface area contributed by atoms with E-state index < -0.39 is 0 Å². The zero-order chi connectivity index (χ0) is 14.7. The fraction of sp³-hybridized carbons (Fsp3) is 0.0556. The summed E-state index contributed by atoms with van der Waals surface area (Å²) < 4.78 is 0. The van der Waals surface area contributed by atoms with E-state index in [1.54, 1.807) is 0 Å². The van der Waals surface area contributed by atoms with Crippen LogP contribution in [0.3, 0.4) is 0 Å². The van der Waals surface area contributed by atoms with Crippen LogP contribution in [0.4, 0.5) is 5.69 Å². The average Bonchev–Trinajstić information content (AvgIpc) is 3.00. The Labute approximate surface area is 128 Å². The van der Waals surface area contributed by atoms with Gasteiger partial charge in [-0.3, -0.25) is 4.79 Å². The van der Waals surface area contributed by atoms with E-state index >= 15 is 0 Å². The van der Waals surface area contributed by atoms with E-state index in [4.69, 9.17) is 0 Å². The van der Waals surface area contributed by atoms with Crippen molar-refractivity contribution in [2.45, 2.75) is 0 Å². The molecule has 0 amide bonds. The molecular weight excluding hydrogens is 278 g/mol. The Bertz CT molecular complexity index is 747. The summed E-state index contributed by atoms with van der Waals surface area (Å²) in [6, 6.07) is 21.6. The largest absolute Gasteiger partial charge is 0.387 e. The second-order valence-corrected chi connectivity index (χ2v) is 5.72. The number of nitrogens with one attached hydrogen (secondary N) is 1. The number of hydrogen-bond donors (Lipinski definition) is 1. The SMILES string of the molecule is CNc1cc(-c2ccccc2)sc1C(=O)c1ccccc1. The number of ketones is 1. The van der Waals surface area contributed by atoms with Crippen molar-refractivity contribution in [2.75, 3.05) is 12.4 Å². The quantitative estimate of drug-likeness (QED) is 0.707. The number of rotatable bonds is 4. The van der Waals surface area contributed by atoms with Crippen LogP contribution in [0.2, 0.25) is 0 Å². The number of benzene rings is 2. The van der Waals surface area contributed by atoms with Gasteiger partial charge in [-0.25, -0.2) is 0 Å². The zero-order valence-electron chi connectivity index (χ0n) is 11.7. The summed E-state index contributed by atoms with van der Waals surface area (Å²) in [5.74, 6) is 0.0622. The third kappa shape index (κ3) is 2.73. The molecule has 0 bridgehead atoms. The van der Waals surface area contributed by atoms with Gasteiger partial charge in [-0.2, -0.15) is 0 Å². The highest BCUT2D eigenvalue weighted by Gasteiger charge is 2.17. The van der Waals surface area contributed by atoms with Gasteiger partial charge in [0.25, 0.3) is 0 Å². The van der Waals surface area contributed by atoms with Crippen molar-refractivity contribution >= 4 is 22.8 Å². The number of anilines is 1. The minimum atomic E-state index is 0.0622. The molecule has 1 heterocycles. The monoisotopic (exact) mass is 293 g/mol. The molecule has 104 valence electrons. The van der Waals surface area contributed by atoms with Crippen molar-refractivity contribution in [1.82, 2.24) is 0 Å². The topological polar surface area (TPSA) is 29.1 Å². The molecule has 0 aliphatic rings. The molecule has 0 fully saturated rings. The van der Waals surface area contributed by atoms with E-state index in [0.29, 0.717) is 0 Å². The van der Waals surface area contributed by atoms with Crippen LogP contribution in [-0.2, 0) is 0 Å². The van der Waals surface area contributed by atoms with E-state index in [2.05, 4.69) is 17.4 Å². The molecule has 1 aromatic heterocycles. The van der Waals surface area contributed by atoms with Crippen LogP contribution in [0.25, 0.3) is 10.4 Å². The highest BCUT2D eigenvalue weighted by atomic mass is 32.1. The lowest BCUT2D eigenvalue weighted by Crippen LogP contribution is -2.01. The first-order valence-corrected chi connectivity index (χ1v) is 7.58. The van der Waals surface area contributed by atoms with E-state index in [1.165, 1.54) is 11.3 Å². The van der Waals surface area contributed by atoms with Crippen molar-refractivity contribution < 1.29 is 4.79 Å². The van der Waals surface area contributed by atoms with Crippen molar-refractivity contribution in [3.63, 3.8) is 0 Å². The number of carbonyl (C=O) groups is 1. The summed E-state index contributed by atoms with van der Waals surface area (Å²) in [5, 5.41) is 3.13. The lowest BCUT2D eigenvalue weighted by molar-refractivity contribution is 0.104. The van der Waals surface area contributed by atoms with Crippen LogP contribution in [-0.4, -0.2) is 12.8 Å². The van der Waals surface area contributed by atoms with E-state index in [1.807, 2.05) is 61.6 Å². The maximum Gasteiger partial charge on any atom is 0.205 e. The molecule has 0 spiro atoms. The first kappa shape index (κ1) is 13.6. The van der Waals surface area contributed by atoms with Crippen molar-refractivity contribution in [2.24, 2.45) is 0 Å². The van der Waals surface area contributed by atoms with E-state index in [-0.39, 0.29) is 5.78 Å². The van der Waals surface area contributed by atoms with Gasteiger partial charge in [0, 0.05) is 17.5 Å². The molecule has 2 aromatic carbocycles. The molecule has 1 N–H and O–H groups in total. The van der Waals surface area contributed by atoms with Gasteiger partial charge in [0.15, 0.2) is 0 Å². The van der Waals surface area contributed by atoms with Crippen LogP contribution in [0, 0.1) is 0 Å². The number of thiophene rings is 1. The summed E-state index contributed by atoms with van der Waals surface area (Å²) >= 11 is 1.53. The first-order chi connectivity index (χ1) is 10.3.